The molecule has 0 saturated carbocycles. The van der Waals surface area contributed by atoms with Gasteiger partial charge in [-0.1, -0.05) is 11.6 Å². The van der Waals surface area contributed by atoms with E-state index in [4.69, 9.17) is 0 Å². The fourth-order valence-electron chi connectivity index (χ4n) is 2.97. The molecule has 0 aliphatic carbocycles. The Bertz CT molecular complexity index is 830. The number of aromatic nitrogens is 1. The fourth-order valence-corrected chi connectivity index (χ4v) is 2.97. The molecule has 3 rings (SSSR count). The summed E-state index contributed by atoms with van der Waals surface area (Å²) in [5, 5.41) is 1.33. The van der Waals surface area contributed by atoms with Gasteiger partial charge in [0.05, 0.1) is 0 Å². The second-order valence-corrected chi connectivity index (χ2v) is 6.23. The molecule has 1 aromatic heterocycles. The topological polar surface area (TPSA) is 7.12 Å². The molecule has 2 nitrogen and oxygen atoms in total. The fraction of sp³-hybridized carbons (Fsp3) is 0.250. The summed E-state index contributed by atoms with van der Waals surface area (Å²) in [6, 6.07) is 17.7. The van der Waals surface area contributed by atoms with Gasteiger partial charge in [-0.05, 0) is 49.7 Å². The van der Waals surface area contributed by atoms with Crippen LogP contribution in [-0.4, -0.2) is 14.1 Å². The molecule has 0 aliphatic heterocycles. The predicted octanol–water partition coefficient (Wildman–Crippen LogP) is 4.01. The highest BCUT2D eigenvalue weighted by molar-refractivity contribution is 5.82. The maximum atomic E-state index is 2.28. The molecule has 0 aliphatic rings. The molecule has 0 fully saturated rings. The quantitative estimate of drug-likeness (QED) is 0.647. The molecule has 1 heterocycles. The number of aryl methyl sites for hydroxylation is 3. The highest BCUT2D eigenvalue weighted by Gasteiger charge is 2.16. The van der Waals surface area contributed by atoms with E-state index in [1.807, 2.05) is 0 Å². The van der Waals surface area contributed by atoms with Crippen molar-refractivity contribution in [2.24, 2.45) is 7.05 Å². The first-order valence-electron chi connectivity index (χ1n) is 7.65. The average Bonchev–Trinajstić information content (AvgIpc) is 2.51. The number of rotatable bonds is 2. The third kappa shape index (κ3) is 2.45. The van der Waals surface area contributed by atoms with Crippen LogP contribution in [0.15, 0.2) is 48.5 Å². The Hall–Kier alpha value is -2.35. The molecule has 0 radical (unpaired) electrons. The van der Waals surface area contributed by atoms with Gasteiger partial charge in [-0.2, -0.15) is 4.57 Å². The summed E-state index contributed by atoms with van der Waals surface area (Å²) >= 11 is 0. The zero-order valence-electron chi connectivity index (χ0n) is 14.0. The third-order valence-electron chi connectivity index (χ3n) is 4.33. The molecule has 0 N–H and O–H groups in total. The van der Waals surface area contributed by atoms with E-state index in [9.17, 15) is 0 Å². The number of anilines is 1. The van der Waals surface area contributed by atoms with Gasteiger partial charge in [-0.3, -0.25) is 0 Å². The van der Waals surface area contributed by atoms with Gasteiger partial charge in [0, 0.05) is 42.9 Å². The first-order valence-corrected chi connectivity index (χ1v) is 7.65. The molecule has 0 unspecified atom stereocenters. The van der Waals surface area contributed by atoms with Crippen molar-refractivity contribution in [3.8, 4) is 11.3 Å². The van der Waals surface area contributed by atoms with E-state index in [-0.39, 0.29) is 0 Å². The van der Waals surface area contributed by atoms with Gasteiger partial charge >= 0.3 is 0 Å². The maximum absolute atomic E-state index is 2.28. The number of pyridine rings is 1. The van der Waals surface area contributed by atoms with Crippen LogP contribution in [-0.2, 0) is 7.05 Å². The predicted molar refractivity (Wildman–Crippen MR) is 94.4 cm³/mol. The van der Waals surface area contributed by atoms with E-state index < -0.39 is 0 Å². The summed E-state index contributed by atoms with van der Waals surface area (Å²) in [6.07, 6.45) is 0. The average molecular weight is 291 g/mol. The monoisotopic (exact) mass is 291 g/mol. The summed E-state index contributed by atoms with van der Waals surface area (Å²) in [6.45, 7) is 4.34. The molecule has 0 atom stereocenters. The van der Waals surface area contributed by atoms with Crippen molar-refractivity contribution in [1.29, 1.82) is 0 Å². The number of fused-ring (bicyclic) bond motifs is 1. The van der Waals surface area contributed by atoms with Crippen molar-refractivity contribution < 1.29 is 4.57 Å². The zero-order valence-corrected chi connectivity index (χ0v) is 14.0. The molecule has 22 heavy (non-hydrogen) atoms. The lowest BCUT2D eigenvalue weighted by atomic mass is 10.0. The Kier molecular flexibility index (Phi) is 3.61. The Morgan fingerprint density at radius 1 is 0.864 bits per heavy atom. The molecule has 0 saturated heterocycles. The van der Waals surface area contributed by atoms with Gasteiger partial charge in [0.2, 0.25) is 11.2 Å². The first-order chi connectivity index (χ1) is 10.5. The molecule has 0 amide bonds. The Morgan fingerprint density at radius 3 is 2.18 bits per heavy atom. The van der Waals surface area contributed by atoms with Crippen molar-refractivity contribution in [2.45, 2.75) is 13.8 Å². The van der Waals surface area contributed by atoms with Crippen LogP contribution in [0.5, 0.6) is 0 Å². The number of hydrogen-bond donors (Lipinski definition) is 0. The minimum atomic E-state index is 1.22. The van der Waals surface area contributed by atoms with Gasteiger partial charge < -0.3 is 4.90 Å². The van der Waals surface area contributed by atoms with Crippen LogP contribution in [0.1, 0.15) is 11.1 Å². The van der Waals surface area contributed by atoms with Crippen LogP contribution < -0.4 is 9.47 Å². The summed E-state index contributed by atoms with van der Waals surface area (Å²) < 4.78 is 2.28. The summed E-state index contributed by atoms with van der Waals surface area (Å²) in [5.41, 5.74) is 7.62. The molecular formula is C20H23N2+. The van der Waals surface area contributed by atoms with Crippen LogP contribution >= 0.6 is 0 Å². The van der Waals surface area contributed by atoms with Crippen molar-refractivity contribution in [2.75, 3.05) is 19.0 Å². The highest BCUT2D eigenvalue weighted by atomic mass is 15.1. The lowest BCUT2D eigenvalue weighted by molar-refractivity contribution is -0.633. The van der Waals surface area contributed by atoms with Crippen molar-refractivity contribution >= 4 is 16.6 Å². The Balaban J connectivity index is 2.19. The van der Waals surface area contributed by atoms with Gasteiger partial charge in [0.15, 0.2) is 0 Å². The van der Waals surface area contributed by atoms with Crippen LogP contribution in [0, 0.1) is 13.8 Å². The Labute approximate surface area is 132 Å². The minimum absolute atomic E-state index is 1.22. The van der Waals surface area contributed by atoms with Gasteiger partial charge in [0.25, 0.3) is 0 Å². The molecular weight excluding hydrogens is 268 g/mol. The summed E-state index contributed by atoms with van der Waals surface area (Å²) in [7, 11) is 6.28. The van der Waals surface area contributed by atoms with Crippen LogP contribution in [0.4, 0.5) is 5.69 Å². The normalized spacial score (nSPS) is 11.0. The van der Waals surface area contributed by atoms with Gasteiger partial charge in [0.1, 0.15) is 7.05 Å². The molecule has 0 bridgehead atoms. The van der Waals surface area contributed by atoms with E-state index in [0.29, 0.717) is 0 Å². The van der Waals surface area contributed by atoms with E-state index in [1.54, 1.807) is 0 Å². The van der Waals surface area contributed by atoms with Crippen LogP contribution in [0.25, 0.3) is 22.2 Å². The SMILES string of the molecule is Cc1ccc2c(c1)c(C)cc(-c1ccc(N(C)C)cc1)[n+]2C. The second-order valence-electron chi connectivity index (χ2n) is 6.23. The lowest BCUT2D eigenvalue weighted by Gasteiger charge is -2.13. The van der Waals surface area contributed by atoms with Gasteiger partial charge in [-0.25, -0.2) is 0 Å². The first kappa shape index (κ1) is 14.6. The van der Waals surface area contributed by atoms with E-state index >= 15 is 0 Å². The standard InChI is InChI=1S/C20H23N2/c1-14-6-11-19-18(12-14)15(2)13-20(22(19)5)16-7-9-17(10-8-16)21(3)4/h6-13H,1-5H3/q+1. The maximum Gasteiger partial charge on any atom is 0.213 e. The summed E-state index contributed by atoms with van der Waals surface area (Å²) in [5.74, 6) is 0. The molecule has 112 valence electrons. The van der Waals surface area contributed by atoms with E-state index in [2.05, 4.69) is 93.0 Å². The van der Waals surface area contributed by atoms with Crippen molar-refractivity contribution in [3.05, 3.63) is 59.7 Å². The van der Waals surface area contributed by atoms with Crippen molar-refractivity contribution in [1.82, 2.24) is 0 Å². The number of nitrogens with zero attached hydrogens (tertiary/aromatic N) is 2. The van der Waals surface area contributed by atoms with Crippen LogP contribution in [0.2, 0.25) is 0 Å². The molecule has 3 aromatic rings. The lowest BCUT2D eigenvalue weighted by Crippen LogP contribution is -2.32. The smallest absolute Gasteiger partial charge is 0.213 e. The zero-order chi connectivity index (χ0) is 15.9. The van der Waals surface area contributed by atoms with Crippen molar-refractivity contribution in [3.63, 3.8) is 0 Å². The third-order valence-corrected chi connectivity index (χ3v) is 4.33. The highest BCUT2D eigenvalue weighted by Crippen LogP contribution is 2.25. The summed E-state index contributed by atoms with van der Waals surface area (Å²) in [4.78, 5) is 2.12. The Morgan fingerprint density at radius 2 is 1.55 bits per heavy atom. The number of hydrogen-bond acceptors (Lipinski definition) is 1. The number of benzene rings is 2. The van der Waals surface area contributed by atoms with E-state index in [0.717, 1.165) is 0 Å². The second kappa shape index (κ2) is 5.45. The molecule has 2 heteroatoms. The van der Waals surface area contributed by atoms with E-state index in [1.165, 1.54) is 39.0 Å². The minimum Gasteiger partial charge on any atom is -0.378 e. The van der Waals surface area contributed by atoms with Gasteiger partial charge in [-0.15, -0.1) is 0 Å². The molecule has 2 aromatic carbocycles. The van der Waals surface area contributed by atoms with Crippen LogP contribution in [0.3, 0.4) is 0 Å². The largest absolute Gasteiger partial charge is 0.378 e. The molecule has 0 spiro atoms.